The number of carbonyl (C=O) groups excluding carboxylic acids is 1. The van der Waals surface area contributed by atoms with E-state index in [0.717, 1.165) is 61.6 Å². The number of carbonyl (C=O) groups is 1. The van der Waals surface area contributed by atoms with Crippen molar-refractivity contribution >= 4 is 72.1 Å². The average Bonchev–Trinajstić information content (AvgIpc) is 3.47. The van der Waals surface area contributed by atoms with E-state index in [1.807, 2.05) is 62.4 Å². The van der Waals surface area contributed by atoms with E-state index in [-0.39, 0.29) is 0 Å². The highest BCUT2D eigenvalue weighted by Gasteiger charge is 2.19. The van der Waals surface area contributed by atoms with Crippen LogP contribution in [-0.4, -0.2) is 55.4 Å². The largest absolute Gasteiger partial charge is 0.398 e. The molecule has 6 N–H and O–H groups in total. The lowest BCUT2D eigenvalue weighted by atomic mass is 10.1. The molecule has 5 heterocycles. The maximum absolute atomic E-state index is 11.0. The van der Waals surface area contributed by atoms with Crippen LogP contribution in [0.25, 0.3) is 30.9 Å². The molecule has 0 radical (unpaired) electrons. The Balaban J connectivity index is 0.000000160. The lowest BCUT2D eigenvalue weighted by Gasteiger charge is -2.29. The smallest absolute Gasteiger partial charge is 0.162 e. The number of fused-ring (bicyclic) bond motifs is 2. The van der Waals surface area contributed by atoms with Crippen LogP contribution < -0.4 is 22.1 Å². The maximum Gasteiger partial charge on any atom is 0.162 e. The van der Waals surface area contributed by atoms with E-state index < -0.39 is 0 Å². The summed E-state index contributed by atoms with van der Waals surface area (Å²) in [6.07, 6.45) is 8.06. The number of thiophene rings is 2. The van der Waals surface area contributed by atoms with Gasteiger partial charge in [0, 0.05) is 31.2 Å². The molecule has 0 amide bonds. The number of aldehydes is 1. The SMILES string of the molecule is CN(C)C.Nc1c(C=O)sc2nccc(N3CCCCC3)c12.Nc1ccnc2sc(-c3ccccc3)c(N)c12. The fraction of sp³-hybridized carbons (Fsp3) is 0.276. The molecule has 5 aromatic rings. The standard InChI is InChI=1S/C13H15N3OS.C13H11N3S.C3H9N/c14-12-10(8-17)18-13-11(12)9(4-5-15-13)16-6-2-1-3-7-16;14-9-6-7-16-13-10(9)11(15)12(17-13)8-4-2-1-3-5-8;1-4(2)3/h4-5,8H,1-3,6-7,14H2;1-7H,15H2,(H2,14,16);1-3H3. The molecule has 0 spiro atoms. The zero-order chi connectivity index (χ0) is 27.9. The summed E-state index contributed by atoms with van der Waals surface area (Å²) in [5.41, 5.74) is 22.4. The highest BCUT2D eigenvalue weighted by molar-refractivity contribution is 7.22. The zero-order valence-electron chi connectivity index (χ0n) is 22.6. The summed E-state index contributed by atoms with van der Waals surface area (Å²) in [6, 6.07) is 13.8. The molecule has 0 unspecified atom stereocenters. The van der Waals surface area contributed by atoms with Crippen molar-refractivity contribution in [2.45, 2.75) is 19.3 Å². The van der Waals surface area contributed by atoms with Crippen LogP contribution in [0, 0.1) is 0 Å². The van der Waals surface area contributed by atoms with Gasteiger partial charge in [-0.2, -0.15) is 0 Å². The summed E-state index contributed by atoms with van der Waals surface area (Å²) in [4.78, 5) is 27.3. The number of piperidine rings is 1. The van der Waals surface area contributed by atoms with E-state index in [0.29, 0.717) is 16.3 Å². The Morgan fingerprint density at radius 3 is 2.05 bits per heavy atom. The molecule has 1 aliphatic rings. The van der Waals surface area contributed by atoms with Gasteiger partial charge in [-0.15, -0.1) is 22.7 Å². The topological polar surface area (TPSA) is 127 Å². The first-order valence-electron chi connectivity index (χ1n) is 12.8. The Morgan fingerprint density at radius 1 is 0.821 bits per heavy atom. The number of nitrogens with zero attached hydrogens (tertiary/aromatic N) is 4. The first-order valence-corrected chi connectivity index (χ1v) is 14.4. The van der Waals surface area contributed by atoms with E-state index >= 15 is 0 Å². The van der Waals surface area contributed by atoms with Crippen LogP contribution in [-0.2, 0) is 0 Å². The third-order valence-electron chi connectivity index (χ3n) is 6.14. The second-order valence-corrected chi connectivity index (χ2v) is 11.7. The molecule has 10 heteroatoms. The van der Waals surface area contributed by atoms with Gasteiger partial charge in [0.15, 0.2) is 6.29 Å². The molecular formula is C29H35N7OS2. The molecule has 6 rings (SSSR count). The number of anilines is 4. The first-order chi connectivity index (χ1) is 18.8. The van der Waals surface area contributed by atoms with Crippen molar-refractivity contribution in [2.24, 2.45) is 0 Å². The van der Waals surface area contributed by atoms with Crippen molar-refractivity contribution in [3.63, 3.8) is 0 Å². The Kier molecular flexibility index (Phi) is 9.34. The van der Waals surface area contributed by atoms with Gasteiger partial charge in [-0.1, -0.05) is 30.3 Å². The maximum atomic E-state index is 11.0. The van der Waals surface area contributed by atoms with Gasteiger partial charge in [0.05, 0.1) is 37.6 Å². The van der Waals surface area contributed by atoms with Crippen LogP contribution in [0.2, 0.25) is 0 Å². The summed E-state index contributed by atoms with van der Waals surface area (Å²) < 4.78 is 0. The van der Waals surface area contributed by atoms with Gasteiger partial charge in [-0.05, 0) is 58.1 Å². The average molecular weight is 562 g/mol. The van der Waals surface area contributed by atoms with Crippen molar-refractivity contribution in [1.82, 2.24) is 14.9 Å². The molecule has 1 saturated heterocycles. The number of hydrogen-bond donors (Lipinski definition) is 3. The minimum Gasteiger partial charge on any atom is -0.398 e. The molecule has 1 fully saturated rings. The molecule has 4 aromatic heterocycles. The van der Waals surface area contributed by atoms with Gasteiger partial charge in [0.1, 0.15) is 9.66 Å². The third kappa shape index (κ3) is 6.47. The molecule has 0 bridgehead atoms. The molecule has 1 aliphatic heterocycles. The lowest BCUT2D eigenvalue weighted by Crippen LogP contribution is -2.29. The number of rotatable bonds is 3. The van der Waals surface area contributed by atoms with E-state index in [2.05, 4.69) is 14.9 Å². The molecule has 0 saturated carbocycles. The predicted octanol–water partition coefficient (Wildman–Crippen LogP) is 5.99. The Morgan fingerprint density at radius 2 is 1.44 bits per heavy atom. The van der Waals surface area contributed by atoms with Crippen LogP contribution in [0.3, 0.4) is 0 Å². The molecule has 0 aliphatic carbocycles. The number of nitrogen functional groups attached to an aromatic ring is 3. The first kappa shape index (κ1) is 28.3. The monoisotopic (exact) mass is 561 g/mol. The van der Waals surface area contributed by atoms with E-state index in [1.165, 1.54) is 30.6 Å². The zero-order valence-corrected chi connectivity index (χ0v) is 24.2. The fourth-order valence-corrected chi connectivity index (χ4v) is 6.41. The van der Waals surface area contributed by atoms with Crippen LogP contribution >= 0.6 is 22.7 Å². The van der Waals surface area contributed by atoms with Gasteiger partial charge in [0.25, 0.3) is 0 Å². The highest BCUT2D eigenvalue weighted by atomic mass is 32.1. The van der Waals surface area contributed by atoms with Gasteiger partial charge >= 0.3 is 0 Å². The number of pyridine rings is 2. The minimum atomic E-state index is 0.582. The summed E-state index contributed by atoms with van der Waals surface area (Å²) in [7, 11) is 6.00. The lowest BCUT2D eigenvalue weighted by molar-refractivity contribution is 0.112. The highest BCUT2D eigenvalue weighted by Crippen LogP contribution is 2.42. The molecule has 39 heavy (non-hydrogen) atoms. The van der Waals surface area contributed by atoms with Crippen molar-refractivity contribution in [3.8, 4) is 10.4 Å². The van der Waals surface area contributed by atoms with Gasteiger partial charge in [0.2, 0.25) is 0 Å². The minimum absolute atomic E-state index is 0.582. The molecular weight excluding hydrogens is 527 g/mol. The van der Waals surface area contributed by atoms with Crippen molar-refractivity contribution in [1.29, 1.82) is 0 Å². The molecule has 8 nitrogen and oxygen atoms in total. The van der Waals surface area contributed by atoms with E-state index in [4.69, 9.17) is 17.2 Å². The third-order valence-corrected chi connectivity index (χ3v) is 8.34. The van der Waals surface area contributed by atoms with Crippen molar-refractivity contribution in [3.05, 3.63) is 59.7 Å². The van der Waals surface area contributed by atoms with E-state index in [9.17, 15) is 4.79 Å². The second-order valence-electron chi connectivity index (χ2n) is 9.69. The van der Waals surface area contributed by atoms with Gasteiger partial charge < -0.3 is 27.0 Å². The molecule has 1 aromatic carbocycles. The Labute approximate surface area is 237 Å². The molecule has 204 valence electrons. The van der Waals surface area contributed by atoms with Crippen LogP contribution in [0.5, 0.6) is 0 Å². The summed E-state index contributed by atoms with van der Waals surface area (Å²) >= 11 is 2.95. The van der Waals surface area contributed by atoms with E-state index in [1.54, 1.807) is 29.8 Å². The fourth-order valence-electron chi connectivity index (χ4n) is 4.41. The van der Waals surface area contributed by atoms with Crippen molar-refractivity contribution in [2.75, 3.05) is 56.3 Å². The molecule has 0 atom stereocenters. The summed E-state index contributed by atoms with van der Waals surface area (Å²) in [6.45, 7) is 2.12. The normalized spacial score (nSPS) is 13.1. The van der Waals surface area contributed by atoms with Gasteiger partial charge in [-0.3, -0.25) is 4.79 Å². The summed E-state index contributed by atoms with van der Waals surface area (Å²) in [5.74, 6) is 0. The second kappa shape index (κ2) is 12.9. The number of hydrogen-bond acceptors (Lipinski definition) is 10. The Hall–Kier alpha value is -3.73. The number of nitrogens with two attached hydrogens (primary N) is 3. The quantitative estimate of drug-likeness (QED) is 0.229. The number of aromatic nitrogens is 2. The van der Waals surface area contributed by atoms with Crippen LogP contribution in [0.15, 0.2) is 54.9 Å². The van der Waals surface area contributed by atoms with Crippen LogP contribution in [0.1, 0.15) is 28.9 Å². The number of benzene rings is 1. The Bertz CT molecular complexity index is 1540. The van der Waals surface area contributed by atoms with Crippen LogP contribution in [0.4, 0.5) is 22.7 Å². The van der Waals surface area contributed by atoms with Gasteiger partial charge in [-0.25, -0.2) is 9.97 Å². The van der Waals surface area contributed by atoms with Crippen molar-refractivity contribution < 1.29 is 4.79 Å². The predicted molar refractivity (Wildman–Crippen MR) is 169 cm³/mol. The summed E-state index contributed by atoms with van der Waals surface area (Å²) in [5, 5.41) is 1.82.